The second-order valence-electron chi connectivity index (χ2n) is 5.10. The first-order valence-corrected chi connectivity index (χ1v) is 8.18. The molecule has 0 bridgehead atoms. The molecule has 1 fully saturated rings. The van der Waals surface area contributed by atoms with E-state index in [4.69, 9.17) is 5.11 Å². The number of benzene rings is 1. The van der Waals surface area contributed by atoms with E-state index in [9.17, 15) is 8.42 Å². The van der Waals surface area contributed by atoms with Gasteiger partial charge in [-0.3, -0.25) is 0 Å². The number of nitrogens with zero attached hydrogens (tertiary/aromatic N) is 1. The van der Waals surface area contributed by atoms with Crippen LogP contribution in [0.3, 0.4) is 0 Å². The Hall–Kier alpha value is -1.35. The average molecular weight is 293 g/mol. The summed E-state index contributed by atoms with van der Waals surface area (Å²) in [7, 11) is -3.44. The van der Waals surface area contributed by atoms with Crippen molar-refractivity contribution in [3.8, 4) is 11.8 Å². The SMILES string of the molecule is CC1CCCN(S(=O)(=O)c2cccc(C#CCO)c2)C1. The Morgan fingerprint density at radius 2 is 2.25 bits per heavy atom. The van der Waals surface area contributed by atoms with Crippen molar-refractivity contribution in [1.82, 2.24) is 4.31 Å². The third kappa shape index (κ3) is 3.40. The van der Waals surface area contributed by atoms with Crippen LogP contribution >= 0.6 is 0 Å². The van der Waals surface area contributed by atoms with Gasteiger partial charge < -0.3 is 5.11 Å². The highest BCUT2D eigenvalue weighted by atomic mass is 32.2. The van der Waals surface area contributed by atoms with Gasteiger partial charge in [-0.15, -0.1) is 0 Å². The molecule has 1 aliphatic rings. The van der Waals surface area contributed by atoms with E-state index in [1.54, 1.807) is 28.6 Å². The fraction of sp³-hybridized carbons (Fsp3) is 0.467. The molecule has 4 nitrogen and oxygen atoms in total. The van der Waals surface area contributed by atoms with Crippen LogP contribution in [0.2, 0.25) is 0 Å². The lowest BCUT2D eigenvalue weighted by atomic mass is 10.0. The molecule has 2 rings (SSSR count). The molecule has 0 radical (unpaired) electrons. The van der Waals surface area contributed by atoms with Gasteiger partial charge in [0.1, 0.15) is 6.61 Å². The molecule has 1 aromatic rings. The van der Waals surface area contributed by atoms with Crippen LogP contribution in [0.25, 0.3) is 0 Å². The minimum absolute atomic E-state index is 0.235. The third-order valence-corrected chi connectivity index (χ3v) is 5.26. The summed E-state index contributed by atoms with van der Waals surface area (Å²) in [4.78, 5) is 0.274. The van der Waals surface area contributed by atoms with Crippen molar-refractivity contribution < 1.29 is 13.5 Å². The molecule has 0 aliphatic carbocycles. The van der Waals surface area contributed by atoms with Gasteiger partial charge in [-0.25, -0.2) is 8.42 Å². The van der Waals surface area contributed by atoms with Crippen LogP contribution in [0.1, 0.15) is 25.3 Å². The Morgan fingerprint density at radius 3 is 2.95 bits per heavy atom. The lowest BCUT2D eigenvalue weighted by Crippen LogP contribution is -2.39. The summed E-state index contributed by atoms with van der Waals surface area (Å²) in [6.07, 6.45) is 1.98. The maximum absolute atomic E-state index is 12.6. The number of piperidine rings is 1. The van der Waals surface area contributed by atoms with Gasteiger partial charge in [-0.1, -0.05) is 24.8 Å². The first-order valence-electron chi connectivity index (χ1n) is 6.74. The second-order valence-corrected chi connectivity index (χ2v) is 7.04. The summed E-state index contributed by atoms with van der Waals surface area (Å²) in [6.45, 7) is 3.00. The summed E-state index contributed by atoms with van der Waals surface area (Å²) < 4.78 is 26.7. The Kier molecular flexibility index (Phi) is 4.81. The van der Waals surface area contributed by atoms with Crippen LogP contribution in [0, 0.1) is 17.8 Å². The van der Waals surface area contributed by atoms with E-state index in [1.165, 1.54) is 0 Å². The van der Waals surface area contributed by atoms with Crippen molar-refractivity contribution >= 4 is 10.0 Å². The Bertz CT molecular complexity index is 628. The van der Waals surface area contributed by atoms with Crippen LogP contribution < -0.4 is 0 Å². The van der Waals surface area contributed by atoms with Gasteiger partial charge >= 0.3 is 0 Å². The molecule has 20 heavy (non-hydrogen) atoms. The molecule has 1 atom stereocenters. The minimum atomic E-state index is -3.44. The van der Waals surface area contributed by atoms with Crippen LogP contribution in [-0.4, -0.2) is 37.5 Å². The first-order chi connectivity index (χ1) is 9.54. The maximum Gasteiger partial charge on any atom is 0.243 e. The Morgan fingerprint density at radius 1 is 1.45 bits per heavy atom. The van der Waals surface area contributed by atoms with Crippen molar-refractivity contribution in [3.63, 3.8) is 0 Å². The Labute approximate surface area is 120 Å². The Balaban J connectivity index is 2.29. The molecule has 1 N–H and O–H groups in total. The van der Waals surface area contributed by atoms with E-state index >= 15 is 0 Å². The molecule has 1 aliphatic heterocycles. The summed E-state index contributed by atoms with van der Waals surface area (Å²) >= 11 is 0. The van der Waals surface area contributed by atoms with Crippen molar-refractivity contribution in [2.24, 2.45) is 5.92 Å². The molecule has 0 saturated carbocycles. The zero-order chi connectivity index (χ0) is 14.6. The molecule has 0 aromatic heterocycles. The number of aliphatic hydroxyl groups is 1. The van der Waals surface area contributed by atoms with Gasteiger partial charge in [0.2, 0.25) is 10.0 Å². The summed E-state index contributed by atoms with van der Waals surface area (Å²) in [5.74, 6) is 5.66. The summed E-state index contributed by atoms with van der Waals surface area (Å²) in [5, 5.41) is 8.69. The summed E-state index contributed by atoms with van der Waals surface area (Å²) in [5.41, 5.74) is 0.602. The number of hydrogen-bond acceptors (Lipinski definition) is 3. The largest absolute Gasteiger partial charge is 0.384 e. The monoisotopic (exact) mass is 293 g/mol. The normalized spacial score (nSPS) is 20.2. The van der Waals surface area contributed by atoms with E-state index in [0.717, 1.165) is 12.8 Å². The molecule has 1 aromatic carbocycles. The fourth-order valence-corrected chi connectivity index (χ4v) is 4.03. The van der Waals surface area contributed by atoms with Gasteiger partial charge in [-0.2, -0.15) is 4.31 Å². The summed E-state index contributed by atoms with van der Waals surface area (Å²) in [6, 6.07) is 6.58. The van der Waals surface area contributed by atoms with Crippen molar-refractivity contribution in [1.29, 1.82) is 0 Å². The van der Waals surface area contributed by atoms with E-state index in [2.05, 4.69) is 18.8 Å². The lowest BCUT2D eigenvalue weighted by molar-refractivity contribution is 0.281. The predicted octanol–water partition coefficient (Wildman–Crippen LogP) is 1.45. The van der Waals surface area contributed by atoms with Crippen LogP contribution in [0.5, 0.6) is 0 Å². The zero-order valence-corrected chi connectivity index (χ0v) is 12.4. The molecular formula is C15H19NO3S. The number of sulfonamides is 1. The van der Waals surface area contributed by atoms with Crippen molar-refractivity contribution in [2.45, 2.75) is 24.7 Å². The second kappa shape index (κ2) is 6.40. The smallest absolute Gasteiger partial charge is 0.243 e. The van der Waals surface area contributed by atoms with Crippen molar-refractivity contribution in [3.05, 3.63) is 29.8 Å². The number of hydrogen-bond donors (Lipinski definition) is 1. The van der Waals surface area contributed by atoms with Crippen LogP contribution in [0.4, 0.5) is 0 Å². The van der Waals surface area contributed by atoms with Gasteiger partial charge in [0.05, 0.1) is 4.90 Å². The predicted molar refractivity (Wildman–Crippen MR) is 77.6 cm³/mol. The van der Waals surface area contributed by atoms with E-state index < -0.39 is 10.0 Å². The lowest BCUT2D eigenvalue weighted by Gasteiger charge is -2.30. The van der Waals surface area contributed by atoms with Crippen molar-refractivity contribution in [2.75, 3.05) is 19.7 Å². The van der Waals surface area contributed by atoms with Gasteiger partial charge in [0.15, 0.2) is 0 Å². The molecule has 0 amide bonds. The molecule has 1 unspecified atom stereocenters. The number of aliphatic hydroxyl groups excluding tert-OH is 1. The highest BCUT2D eigenvalue weighted by molar-refractivity contribution is 7.89. The standard InChI is InChI=1S/C15H19NO3S/c1-13-5-3-9-16(12-13)20(18,19)15-8-2-6-14(11-15)7-4-10-17/h2,6,8,11,13,17H,3,5,9-10,12H2,1H3. The molecule has 5 heteroatoms. The van der Waals surface area contributed by atoms with E-state index in [-0.39, 0.29) is 11.5 Å². The molecule has 1 heterocycles. The molecule has 1 saturated heterocycles. The third-order valence-electron chi connectivity index (χ3n) is 3.40. The minimum Gasteiger partial charge on any atom is -0.384 e. The van der Waals surface area contributed by atoms with E-state index in [0.29, 0.717) is 24.6 Å². The highest BCUT2D eigenvalue weighted by Crippen LogP contribution is 2.23. The molecule has 108 valence electrons. The topological polar surface area (TPSA) is 57.6 Å². The van der Waals surface area contributed by atoms with Gasteiger partial charge in [0.25, 0.3) is 0 Å². The fourth-order valence-electron chi connectivity index (χ4n) is 2.39. The molecular weight excluding hydrogens is 274 g/mol. The quantitative estimate of drug-likeness (QED) is 0.840. The van der Waals surface area contributed by atoms with Gasteiger partial charge in [0, 0.05) is 18.7 Å². The van der Waals surface area contributed by atoms with Crippen LogP contribution in [0.15, 0.2) is 29.2 Å². The average Bonchev–Trinajstić information content (AvgIpc) is 2.45. The highest BCUT2D eigenvalue weighted by Gasteiger charge is 2.28. The van der Waals surface area contributed by atoms with E-state index in [1.807, 2.05) is 0 Å². The number of rotatable bonds is 2. The van der Waals surface area contributed by atoms with Crippen LogP contribution in [-0.2, 0) is 10.0 Å². The zero-order valence-electron chi connectivity index (χ0n) is 11.5. The molecule has 0 spiro atoms. The first kappa shape index (κ1) is 15.0. The van der Waals surface area contributed by atoms with Gasteiger partial charge in [-0.05, 0) is 37.0 Å². The maximum atomic E-state index is 12.6.